The Labute approximate surface area is 142 Å². The third-order valence-corrected chi connectivity index (χ3v) is 4.07. The van der Waals surface area contributed by atoms with Crippen molar-refractivity contribution < 1.29 is 4.74 Å². The van der Waals surface area contributed by atoms with E-state index in [2.05, 4.69) is 55.9 Å². The van der Waals surface area contributed by atoms with Gasteiger partial charge in [-0.2, -0.15) is 0 Å². The number of ether oxygens (including phenoxy) is 1. The Kier molecular flexibility index (Phi) is 6.00. The molecular formula is C17H17Br2NO. The van der Waals surface area contributed by atoms with E-state index in [1.54, 1.807) is 0 Å². The van der Waals surface area contributed by atoms with Crippen molar-refractivity contribution in [3.63, 3.8) is 0 Å². The molecule has 0 spiro atoms. The van der Waals surface area contributed by atoms with E-state index >= 15 is 0 Å². The van der Waals surface area contributed by atoms with Gasteiger partial charge in [0, 0.05) is 16.3 Å². The highest BCUT2D eigenvalue weighted by Gasteiger charge is 2.08. The third kappa shape index (κ3) is 4.42. The minimum absolute atomic E-state index is 0.617. The van der Waals surface area contributed by atoms with Crippen LogP contribution in [0.3, 0.4) is 0 Å². The van der Waals surface area contributed by atoms with Crippen LogP contribution in [0.4, 0.5) is 5.69 Å². The maximum atomic E-state index is 5.69. The lowest BCUT2D eigenvalue weighted by molar-refractivity contribution is 0.337. The molecule has 0 saturated carbocycles. The van der Waals surface area contributed by atoms with E-state index in [4.69, 9.17) is 4.74 Å². The molecule has 0 aliphatic heterocycles. The van der Waals surface area contributed by atoms with Crippen LogP contribution >= 0.6 is 31.9 Å². The van der Waals surface area contributed by atoms with Gasteiger partial charge in [-0.3, -0.25) is 4.99 Å². The molecule has 0 unspecified atom stereocenters. The topological polar surface area (TPSA) is 21.6 Å². The molecule has 110 valence electrons. The van der Waals surface area contributed by atoms with Gasteiger partial charge in [0.05, 0.1) is 16.8 Å². The van der Waals surface area contributed by atoms with Gasteiger partial charge in [-0.1, -0.05) is 35.0 Å². The maximum Gasteiger partial charge on any atom is 0.142 e. The highest BCUT2D eigenvalue weighted by atomic mass is 79.9. The van der Waals surface area contributed by atoms with Crippen LogP contribution in [0.2, 0.25) is 0 Å². The van der Waals surface area contributed by atoms with Crippen LogP contribution in [0, 0.1) is 0 Å². The highest BCUT2D eigenvalue weighted by molar-refractivity contribution is 9.11. The SMILES string of the molecule is CCOc1c(Br)cc(Br)cc1C=Nc1ccc(CC)cc1. The van der Waals surface area contributed by atoms with Crippen molar-refractivity contribution in [2.45, 2.75) is 20.3 Å². The average Bonchev–Trinajstić information content (AvgIpc) is 2.48. The van der Waals surface area contributed by atoms with Crippen LogP contribution < -0.4 is 4.74 Å². The van der Waals surface area contributed by atoms with E-state index in [0.717, 1.165) is 32.4 Å². The summed E-state index contributed by atoms with van der Waals surface area (Å²) in [6.45, 7) is 4.73. The van der Waals surface area contributed by atoms with Crippen molar-refractivity contribution in [2.24, 2.45) is 4.99 Å². The van der Waals surface area contributed by atoms with E-state index in [1.807, 2.05) is 37.4 Å². The van der Waals surface area contributed by atoms with Crippen molar-refractivity contribution in [1.82, 2.24) is 0 Å². The van der Waals surface area contributed by atoms with Crippen LogP contribution in [-0.2, 0) is 6.42 Å². The van der Waals surface area contributed by atoms with Crippen molar-refractivity contribution in [3.05, 3.63) is 56.5 Å². The largest absolute Gasteiger partial charge is 0.492 e. The fourth-order valence-electron chi connectivity index (χ4n) is 1.93. The van der Waals surface area contributed by atoms with Gasteiger partial charge in [0.25, 0.3) is 0 Å². The Morgan fingerprint density at radius 1 is 1.10 bits per heavy atom. The number of nitrogens with zero attached hydrogens (tertiary/aromatic N) is 1. The number of aliphatic imine (C=N–C) groups is 1. The molecule has 0 aliphatic carbocycles. The number of halogens is 2. The molecule has 0 atom stereocenters. The van der Waals surface area contributed by atoms with E-state index in [9.17, 15) is 0 Å². The number of hydrogen-bond donors (Lipinski definition) is 0. The molecule has 0 N–H and O–H groups in total. The van der Waals surface area contributed by atoms with Gasteiger partial charge in [0.2, 0.25) is 0 Å². The highest BCUT2D eigenvalue weighted by Crippen LogP contribution is 2.32. The van der Waals surface area contributed by atoms with Crippen molar-refractivity contribution in [3.8, 4) is 5.75 Å². The Bertz CT molecular complexity index is 636. The standard InChI is InChI=1S/C17H17Br2NO/c1-3-12-5-7-15(8-6-12)20-11-13-9-14(18)10-16(19)17(13)21-4-2/h5-11H,3-4H2,1-2H3. The van der Waals surface area contributed by atoms with E-state index in [1.165, 1.54) is 5.56 Å². The number of hydrogen-bond acceptors (Lipinski definition) is 2. The van der Waals surface area contributed by atoms with Crippen molar-refractivity contribution >= 4 is 43.8 Å². The molecular weight excluding hydrogens is 394 g/mol. The molecule has 0 bridgehead atoms. The molecule has 2 nitrogen and oxygen atoms in total. The van der Waals surface area contributed by atoms with Crippen molar-refractivity contribution in [2.75, 3.05) is 6.61 Å². The first-order valence-electron chi connectivity index (χ1n) is 6.89. The quantitative estimate of drug-likeness (QED) is 0.560. The Hall–Kier alpha value is -1.13. The summed E-state index contributed by atoms with van der Waals surface area (Å²) in [4.78, 5) is 4.53. The molecule has 21 heavy (non-hydrogen) atoms. The first kappa shape index (κ1) is 16.2. The minimum Gasteiger partial charge on any atom is -0.492 e. The van der Waals surface area contributed by atoms with Gasteiger partial charge in [0.1, 0.15) is 5.75 Å². The Morgan fingerprint density at radius 3 is 2.43 bits per heavy atom. The average molecular weight is 411 g/mol. The summed E-state index contributed by atoms with van der Waals surface area (Å²) in [7, 11) is 0. The summed E-state index contributed by atoms with van der Waals surface area (Å²) in [5, 5.41) is 0. The first-order chi connectivity index (χ1) is 10.1. The van der Waals surface area contributed by atoms with Crippen LogP contribution in [0.25, 0.3) is 0 Å². The molecule has 0 fully saturated rings. The normalized spacial score (nSPS) is 11.0. The predicted molar refractivity (Wildman–Crippen MR) is 96.1 cm³/mol. The lowest BCUT2D eigenvalue weighted by Crippen LogP contribution is -1.97. The van der Waals surface area contributed by atoms with E-state index < -0.39 is 0 Å². The first-order valence-corrected chi connectivity index (χ1v) is 8.47. The van der Waals surface area contributed by atoms with Crippen LogP contribution in [0.15, 0.2) is 50.3 Å². The maximum absolute atomic E-state index is 5.69. The summed E-state index contributed by atoms with van der Waals surface area (Å²) in [5.41, 5.74) is 3.19. The van der Waals surface area contributed by atoms with Crippen molar-refractivity contribution in [1.29, 1.82) is 0 Å². The number of rotatable bonds is 5. The molecule has 0 aliphatic rings. The van der Waals surface area contributed by atoms with Crippen LogP contribution in [-0.4, -0.2) is 12.8 Å². The molecule has 2 rings (SSSR count). The summed E-state index contributed by atoms with van der Waals surface area (Å²) >= 11 is 7.02. The van der Waals surface area contributed by atoms with Gasteiger partial charge < -0.3 is 4.74 Å². The van der Waals surface area contributed by atoms with Crippen LogP contribution in [0.1, 0.15) is 25.0 Å². The van der Waals surface area contributed by atoms with E-state index in [0.29, 0.717) is 6.61 Å². The van der Waals surface area contributed by atoms with Crippen LogP contribution in [0.5, 0.6) is 5.75 Å². The second kappa shape index (κ2) is 7.76. The molecule has 0 saturated heterocycles. The van der Waals surface area contributed by atoms with E-state index in [-0.39, 0.29) is 0 Å². The fraction of sp³-hybridized carbons (Fsp3) is 0.235. The molecule has 0 radical (unpaired) electrons. The molecule has 0 heterocycles. The van der Waals surface area contributed by atoms with Gasteiger partial charge in [-0.05, 0) is 59.1 Å². The monoisotopic (exact) mass is 409 g/mol. The molecule has 0 amide bonds. The van der Waals surface area contributed by atoms with Gasteiger partial charge >= 0.3 is 0 Å². The zero-order chi connectivity index (χ0) is 15.2. The lowest BCUT2D eigenvalue weighted by atomic mass is 10.1. The molecule has 2 aromatic carbocycles. The summed E-state index contributed by atoms with van der Waals surface area (Å²) in [5.74, 6) is 0.814. The smallest absolute Gasteiger partial charge is 0.142 e. The van der Waals surface area contributed by atoms with Gasteiger partial charge in [0.15, 0.2) is 0 Å². The predicted octanol–water partition coefficient (Wildman–Crippen LogP) is 5.92. The summed E-state index contributed by atoms with van der Waals surface area (Å²) < 4.78 is 7.59. The fourth-order valence-corrected chi connectivity index (χ4v) is 3.31. The number of benzene rings is 2. The minimum atomic E-state index is 0.617. The zero-order valence-corrected chi connectivity index (χ0v) is 15.2. The third-order valence-electron chi connectivity index (χ3n) is 3.02. The number of aryl methyl sites for hydroxylation is 1. The zero-order valence-electron chi connectivity index (χ0n) is 12.1. The molecule has 0 aromatic heterocycles. The second-order valence-corrected chi connectivity index (χ2v) is 6.29. The second-order valence-electron chi connectivity index (χ2n) is 4.52. The lowest BCUT2D eigenvalue weighted by Gasteiger charge is -2.10. The van der Waals surface area contributed by atoms with Gasteiger partial charge in [-0.15, -0.1) is 0 Å². The Morgan fingerprint density at radius 2 is 1.81 bits per heavy atom. The molecule has 2 aromatic rings. The Balaban J connectivity index is 2.30. The summed E-state index contributed by atoms with van der Waals surface area (Å²) in [6.07, 6.45) is 2.87. The molecule has 4 heteroatoms. The van der Waals surface area contributed by atoms with Gasteiger partial charge in [-0.25, -0.2) is 0 Å². The summed E-state index contributed by atoms with van der Waals surface area (Å²) in [6, 6.07) is 12.2.